The predicted octanol–water partition coefficient (Wildman–Crippen LogP) is 4.28. The third-order valence-electron chi connectivity index (χ3n) is 2.15. The van der Waals surface area contributed by atoms with Crippen molar-refractivity contribution in [2.45, 2.75) is 20.0 Å². The van der Waals surface area contributed by atoms with Gasteiger partial charge in [0.2, 0.25) is 0 Å². The zero-order chi connectivity index (χ0) is 10.8. The molecular weight excluding hydrogens is 208 g/mol. The van der Waals surface area contributed by atoms with E-state index in [4.69, 9.17) is 16.3 Å². The lowest BCUT2D eigenvalue weighted by Crippen LogP contribution is -2.05. The van der Waals surface area contributed by atoms with Crippen LogP contribution in [-0.4, -0.2) is 6.10 Å². The number of fused-ring (bicyclic) bond motifs is 1. The lowest BCUT2D eigenvalue weighted by Gasteiger charge is -2.10. The van der Waals surface area contributed by atoms with Crippen LogP contribution >= 0.6 is 11.6 Å². The van der Waals surface area contributed by atoms with Gasteiger partial charge in [-0.2, -0.15) is 0 Å². The first kappa shape index (κ1) is 10.3. The molecule has 0 unspecified atom stereocenters. The van der Waals surface area contributed by atoms with Crippen molar-refractivity contribution in [3.05, 3.63) is 41.4 Å². The number of hydrogen-bond donors (Lipinski definition) is 0. The highest BCUT2D eigenvalue weighted by Crippen LogP contribution is 2.24. The van der Waals surface area contributed by atoms with Crippen molar-refractivity contribution in [1.82, 2.24) is 0 Å². The Labute approximate surface area is 94.6 Å². The van der Waals surface area contributed by atoms with Gasteiger partial charge in [-0.15, -0.1) is 0 Å². The van der Waals surface area contributed by atoms with Gasteiger partial charge in [-0.05, 0) is 48.9 Å². The number of rotatable bonds is 2. The maximum atomic E-state index is 5.91. The van der Waals surface area contributed by atoms with Crippen LogP contribution in [0, 0.1) is 0 Å². The van der Waals surface area contributed by atoms with Crippen LogP contribution in [0.15, 0.2) is 36.4 Å². The molecule has 1 nitrogen and oxygen atoms in total. The van der Waals surface area contributed by atoms with E-state index in [0.717, 1.165) is 21.5 Å². The van der Waals surface area contributed by atoms with Crippen molar-refractivity contribution in [2.24, 2.45) is 0 Å². The van der Waals surface area contributed by atoms with Gasteiger partial charge in [0, 0.05) is 5.02 Å². The average Bonchev–Trinajstić information content (AvgIpc) is 2.17. The van der Waals surface area contributed by atoms with Crippen molar-refractivity contribution in [3.63, 3.8) is 0 Å². The third kappa shape index (κ3) is 2.42. The summed E-state index contributed by atoms with van der Waals surface area (Å²) >= 11 is 5.91. The zero-order valence-electron chi connectivity index (χ0n) is 8.83. The monoisotopic (exact) mass is 220 g/mol. The van der Waals surface area contributed by atoms with Crippen LogP contribution in [-0.2, 0) is 0 Å². The number of benzene rings is 2. The topological polar surface area (TPSA) is 9.23 Å². The van der Waals surface area contributed by atoms with E-state index < -0.39 is 0 Å². The summed E-state index contributed by atoms with van der Waals surface area (Å²) in [4.78, 5) is 0. The average molecular weight is 221 g/mol. The fourth-order valence-electron chi connectivity index (χ4n) is 1.54. The summed E-state index contributed by atoms with van der Waals surface area (Å²) in [5, 5.41) is 3.05. The normalized spacial score (nSPS) is 10.9. The Hall–Kier alpha value is -1.21. The molecule has 2 aromatic rings. The molecule has 0 atom stereocenters. The minimum absolute atomic E-state index is 0.203. The third-order valence-corrected chi connectivity index (χ3v) is 2.38. The summed E-state index contributed by atoms with van der Waals surface area (Å²) in [6.45, 7) is 4.04. The van der Waals surface area contributed by atoms with Crippen molar-refractivity contribution in [2.75, 3.05) is 0 Å². The number of ether oxygens (including phenoxy) is 1. The maximum Gasteiger partial charge on any atom is 0.120 e. The van der Waals surface area contributed by atoms with Crippen molar-refractivity contribution in [1.29, 1.82) is 0 Å². The van der Waals surface area contributed by atoms with Gasteiger partial charge in [-0.3, -0.25) is 0 Å². The Kier molecular flexibility index (Phi) is 2.83. The Morgan fingerprint density at radius 1 is 1.00 bits per heavy atom. The zero-order valence-corrected chi connectivity index (χ0v) is 9.58. The molecule has 0 bridgehead atoms. The molecular formula is C13H13ClO. The quantitative estimate of drug-likeness (QED) is 0.734. The molecule has 0 N–H and O–H groups in total. The lowest BCUT2D eigenvalue weighted by atomic mass is 10.1. The highest BCUT2D eigenvalue weighted by Gasteiger charge is 2.00. The van der Waals surface area contributed by atoms with E-state index in [2.05, 4.69) is 0 Å². The van der Waals surface area contributed by atoms with Gasteiger partial charge in [0.05, 0.1) is 6.10 Å². The summed E-state index contributed by atoms with van der Waals surface area (Å²) < 4.78 is 5.62. The van der Waals surface area contributed by atoms with Crippen molar-refractivity contribution < 1.29 is 4.74 Å². The molecule has 0 radical (unpaired) electrons. The summed E-state index contributed by atoms with van der Waals surface area (Å²) in [6.07, 6.45) is 0.203. The molecule has 2 rings (SSSR count). The van der Waals surface area contributed by atoms with Gasteiger partial charge in [0.25, 0.3) is 0 Å². The highest BCUT2D eigenvalue weighted by atomic mass is 35.5. The molecule has 78 valence electrons. The first-order valence-corrected chi connectivity index (χ1v) is 5.39. The molecule has 0 spiro atoms. The van der Waals surface area contributed by atoms with E-state index >= 15 is 0 Å². The second-order valence-corrected chi connectivity index (χ2v) is 4.26. The van der Waals surface area contributed by atoms with Gasteiger partial charge >= 0.3 is 0 Å². The molecule has 0 saturated carbocycles. The van der Waals surface area contributed by atoms with E-state index in [1.54, 1.807) is 0 Å². The first-order valence-electron chi connectivity index (χ1n) is 5.01. The fourth-order valence-corrected chi connectivity index (χ4v) is 1.72. The summed E-state index contributed by atoms with van der Waals surface area (Å²) in [7, 11) is 0. The Balaban J connectivity index is 2.43. The van der Waals surface area contributed by atoms with Gasteiger partial charge in [-0.1, -0.05) is 23.7 Å². The minimum Gasteiger partial charge on any atom is -0.491 e. The fraction of sp³-hybridized carbons (Fsp3) is 0.231. The molecule has 2 aromatic carbocycles. The lowest BCUT2D eigenvalue weighted by molar-refractivity contribution is 0.243. The second-order valence-electron chi connectivity index (χ2n) is 3.82. The molecule has 0 aliphatic carbocycles. The van der Waals surface area contributed by atoms with E-state index in [1.807, 2.05) is 50.2 Å². The summed E-state index contributed by atoms with van der Waals surface area (Å²) in [5.41, 5.74) is 0. The van der Waals surface area contributed by atoms with E-state index in [0.29, 0.717) is 0 Å². The van der Waals surface area contributed by atoms with Crippen LogP contribution < -0.4 is 4.74 Å². The smallest absolute Gasteiger partial charge is 0.120 e. The highest BCUT2D eigenvalue weighted by molar-refractivity contribution is 6.31. The van der Waals surface area contributed by atoms with Crippen molar-refractivity contribution in [3.8, 4) is 5.75 Å². The Morgan fingerprint density at radius 2 is 1.67 bits per heavy atom. The van der Waals surface area contributed by atoms with Crippen LogP contribution in [0.25, 0.3) is 10.8 Å². The van der Waals surface area contributed by atoms with Crippen LogP contribution in [0.2, 0.25) is 5.02 Å². The van der Waals surface area contributed by atoms with Crippen LogP contribution in [0.5, 0.6) is 5.75 Å². The van der Waals surface area contributed by atoms with Crippen LogP contribution in [0.1, 0.15) is 13.8 Å². The predicted molar refractivity (Wildman–Crippen MR) is 64.7 cm³/mol. The molecule has 2 heteroatoms. The minimum atomic E-state index is 0.203. The molecule has 0 heterocycles. The van der Waals surface area contributed by atoms with Crippen LogP contribution in [0.4, 0.5) is 0 Å². The van der Waals surface area contributed by atoms with Crippen molar-refractivity contribution >= 4 is 22.4 Å². The standard InChI is InChI=1S/C13H13ClO/c1-9(2)15-13-6-4-10-7-12(14)5-3-11(10)8-13/h3-9H,1-2H3. The number of halogens is 1. The SMILES string of the molecule is CC(C)Oc1ccc2cc(Cl)ccc2c1. The molecule has 0 fully saturated rings. The first-order chi connectivity index (χ1) is 7.15. The van der Waals surface area contributed by atoms with Gasteiger partial charge in [-0.25, -0.2) is 0 Å². The Morgan fingerprint density at radius 3 is 2.40 bits per heavy atom. The van der Waals surface area contributed by atoms with Gasteiger partial charge in [0.15, 0.2) is 0 Å². The molecule has 0 amide bonds. The van der Waals surface area contributed by atoms with Gasteiger partial charge in [0.1, 0.15) is 5.75 Å². The van der Waals surface area contributed by atoms with Gasteiger partial charge < -0.3 is 4.74 Å². The van der Waals surface area contributed by atoms with E-state index in [-0.39, 0.29) is 6.10 Å². The van der Waals surface area contributed by atoms with Crippen LogP contribution in [0.3, 0.4) is 0 Å². The molecule has 15 heavy (non-hydrogen) atoms. The molecule has 0 aromatic heterocycles. The number of hydrogen-bond acceptors (Lipinski definition) is 1. The largest absolute Gasteiger partial charge is 0.491 e. The molecule has 0 saturated heterocycles. The Bertz CT molecular complexity index is 477. The summed E-state index contributed by atoms with van der Waals surface area (Å²) in [6, 6.07) is 11.9. The van der Waals surface area contributed by atoms with E-state index in [9.17, 15) is 0 Å². The summed E-state index contributed by atoms with van der Waals surface area (Å²) in [5.74, 6) is 0.903. The second kappa shape index (κ2) is 4.11. The molecule has 0 aliphatic rings. The molecule has 0 aliphatic heterocycles. The maximum absolute atomic E-state index is 5.91. The van der Waals surface area contributed by atoms with E-state index in [1.165, 1.54) is 0 Å².